The monoisotopic (exact) mass is 290 g/mol. The van der Waals surface area contributed by atoms with Crippen LogP contribution in [0.15, 0.2) is 31.8 Å². The summed E-state index contributed by atoms with van der Waals surface area (Å²) in [6, 6.07) is 4.19. The second-order valence-electron chi connectivity index (χ2n) is 2.58. The Morgan fingerprint density at radius 2 is 2.23 bits per heavy atom. The molecule has 1 aromatic heterocycles. The lowest BCUT2D eigenvalue weighted by Gasteiger charge is -1.99. The van der Waals surface area contributed by atoms with Gasteiger partial charge in [-0.05, 0) is 28.3 Å². The van der Waals surface area contributed by atoms with Gasteiger partial charge in [-0.15, -0.1) is 35.7 Å². The van der Waals surface area contributed by atoms with Crippen LogP contribution in [-0.4, -0.2) is 6.26 Å². The summed E-state index contributed by atoms with van der Waals surface area (Å²) < 4.78 is 2.33. The molecule has 0 atom stereocenters. The van der Waals surface area contributed by atoms with Crippen LogP contribution >= 0.6 is 51.7 Å². The molecule has 0 aliphatic heterocycles. The second-order valence-corrected chi connectivity index (χ2v) is 5.61. The smallest absolute Gasteiger partial charge is 0.0499 e. The van der Waals surface area contributed by atoms with Gasteiger partial charge in [-0.2, -0.15) is 0 Å². The van der Waals surface area contributed by atoms with Crippen molar-refractivity contribution in [2.45, 2.75) is 9.79 Å². The molecular weight excluding hydrogens is 284 g/mol. The Hall–Kier alpha value is 0.360. The molecule has 0 aliphatic carbocycles. The van der Waals surface area contributed by atoms with E-state index >= 15 is 0 Å². The van der Waals surface area contributed by atoms with Crippen LogP contribution < -0.4 is 0 Å². The van der Waals surface area contributed by atoms with Crippen LogP contribution in [0.2, 0.25) is 0 Å². The van der Waals surface area contributed by atoms with E-state index < -0.39 is 0 Å². The van der Waals surface area contributed by atoms with Crippen molar-refractivity contribution in [2.75, 3.05) is 6.26 Å². The van der Waals surface area contributed by atoms with Crippen molar-refractivity contribution >= 4 is 61.7 Å². The maximum absolute atomic E-state index is 4.47. The molecule has 0 nitrogen and oxygen atoms in total. The van der Waals surface area contributed by atoms with Crippen molar-refractivity contribution in [3.8, 4) is 0 Å². The summed E-state index contributed by atoms with van der Waals surface area (Å²) in [5.41, 5.74) is 0. The lowest BCUT2D eigenvalue weighted by molar-refractivity contribution is 1.51. The van der Waals surface area contributed by atoms with Crippen LogP contribution in [0.1, 0.15) is 0 Å². The van der Waals surface area contributed by atoms with Crippen molar-refractivity contribution < 1.29 is 0 Å². The molecule has 13 heavy (non-hydrogen) atoms. The normalized spacial score (nSPS) is 11.0. The average Bonchev–Trinajstić information content (AvgIpc) is 2.55. The predicted octanol–water partition coefficient (Wildman–Crippen LogP) is 4.67. The fourth-order valence-electron chi connectivity index (χ4n) is 1.19. The van der Waals surface area contributed by atoms with Crippen LogP contribution in [-0.2, 0) is 0 Å². The van der Waals surface area contributed by atoms with E-state index in [-0.39, 0.29) is 0 Å². The highest BCUT2D eigenvalue weighted by molar-refractivity contribution is 9.10. The van der Waals surface area contributed by atoms with Gasteiger partial charge in [-0.25, -0.2) is 0 Å². The molecule has 1 aromatic carbocycles. The molecule has 0 aliphatic rings. The van der Waals surface area contributed by atoms with Crippen molar-refractivity contribution in [3.63, 3.8) is 0 Å². The maximum atomic E-state index is 4.47. The third kappa shape index (κ3) is 1.65. The molecule has 0 bridgehead atoms. The van der Waals surface area contributed by atoms with Gasteiger partial charge in [0.15, 0.2) is 0 Å². The van der Waals surface area contributed by atoms with Gasteiger partial charge in [0.05, 0.1) is 0 Å². The van der Waals surface area contributed by atoms with Crippen LogP contribution in [0.25, 0.3) is 10.1 Å². The Morgan fingerprint density at radius 3 is 2.92 bits per heavy atom. The first kappa shape index (κ1) is 9.90. The molecule has 68 valence electrons. The van der Waals surface area contributed by atoms with Crippen LogP contribution in [0, 0.1) is 0 Å². The van der Waals surface area contributed by atoms with Crippen molar-refractivity contribution in [1.82, 2.24) is 0 Å². The molecule has 0 radical (unpaired) electrons. The molecule has 0 saturated carbocycles. The number of thiophene rings is 1. The maximum Gasteiger partial charge on any atom is 0.0499 e. The molecule has 0 spiro atoms. The van der Waals surface area contributed by atoms with Gasteiger partial charge in [0.25, 0.3) is 0 Å². The van der Waals surface area contributed by atoms with Crippen molar-refractivity contribution in [2.24, 2.45) is 0 Å². The molecule has 0 amide bonds. The predicted molar refractivity (Wildman–Crippen MR) is 68.6 cm³/mol. The van der Waals surface area contributed by atoms with E-state index in [4.69, 9.17) is 0 Å². The molecule has 2 aromatic rings. The standard InChI is InChI=1S/C9H7BrS3/c1-12-7-4-13-9-5(7)2-3-6(10)8(9)11/h2-4,11H,1H3. The first-order chi connectivity index (χ1) is 6.24. The van der Waals surface area contributed by atoms with Gasteiger partial charge in [0.1, 0.15) is 0 Å². The molecule has 0 N–H and O–H groups in total. The van der Waals surface area contributed by atoms with Gasteiger partial charge < -0.3 is 0 Å². The molecular formula is C9H7BrS3. The summed E-state index contributed by atoms with van der Waals surface area (Å²) in [5, 5.41) is 3.49. The molecule has 1 heterocycles. The largest absolute Gasteiger partial charge is 0.141 e. The molecule has 0 unspecified atom stereocenters. The summed E-state index contributed by atoms with van der Waals surface area (Å²) >= 11 is 11.5. The fraction of sp³-hybridized carbons (Fsp3) is 0.111. The van der Waals surface area contributed by atoms with Crippen LogP contribution in [0.4, 0.5) is 0 Å². The zero-order valence-corrected chi connectivity index (χ0v) is 11.0. The zero-order chi connectivity index (χ0) is 9.42. The quantitative estimate of drug-likeness (QED) is 0.588. The highest BCUT2D eigenvalue weighted by Crippen LogP contribution is 2.38. The topological polar surface area (TPSA) is 0 Å². The van der Waals surface area contributed by atoms with E-state index in [1.54, 1.807) is 23.1 Å². The third-order valence-electron chi connectivity index (χ3n) is 1.85. The lowest BCUT2D eigenvalue weighted by Crippen LogP contribution is -1.71. The lowest BCUT2D eigenvalue weighted by atomic mass is 10.3. The number of thioether (sulfide) groups is 1. The third-order valence-corrected chi connectivity index (χ3v) is 5.37. The summed E-state index contributed by atoms with van der Waals surface area (Å²) in [4.78, 5) is 2.38. The van der Waals surface area contributed by atoms with Gasteiger partial charge in [-0.1, -0.05) is 6.07 Å². The van der Waals surface area contributed by atoms with Gasteiger partial charge in [-0.3, -0.25) is 0 Å². The van der Waals surface area contributed by atoms with E-state index in [0.29, 0.717) is 0 Å². The van der Waals surface area contributed by atoms with Crippen LogP contribution in [0.3, 0.4) is 0 Å². The minimum absolute atomic E-state index is 1.04. The summed E-state index contributed by atoms with van der Waals surface area (Å²) in [6.45, 7) is 0. The minimum Gasteiger partial charge on any atom is -0.141 e. The first-order valence-electron chi connectivity index (χ1n) is 3.66. The Bertz CT molecular complexity index is 447. The zero-order valence-electron chi connectivity index (χ0n) is 6.87. The Labute approximate surface area is 99.3 Å². The second kappa shape index (κ2) is 3.85. The highest BCUT2D eigenvalue weighted by Gasteiger charge is 2.07. The Morgan fingerprint density at radius 1 is 1.46 bits per heavy atom. The molecule has 4 heteroatoms. The average molecular weight is 291 g/mol. The Balaban J connectivity index is 2.81. The summed E-state index contributed by atoms with van der Waals surface area (Å²) in [6.07, 6.45) is 2.10. The van der Waals surface area contributed by atoms with Crippen molar-refractivity contribution in [1.29, 1.82) is 0 Å². The van der Waals surface area contributed by atoms with E-state index in [9.17, 15) is 0 Å². The minimum atomic E-state index is 1.04. The fourth-order valence-corrected chi connectivity index (χ4v) is 3.87. The van der Waals surface area contributed by atoms with E-state index in [0.717, 1.165) is 9.37 Å². The number of hydrogen-bond acceptors (Lipinski definition) is 3. The molecule has 2 rings (SSSR count). The van der Waals surface area contributed by atoms with Gasteiger partial charge in [0.2, 0.25) is 0 Å². The molecule has 0 saturated heterocycles. The van der Waals surface area contributed by atoms with Gasteiger partial charge >= 0.3 is 0 Å². The van der Waals surface area contributed by atoms with Gasteiger partial charge in [0, 0.05) is 29.7 Å². The van der Waals surface area contributed by atoms with Crippen LogP contribution in [0.5, 0.6) is 0 Å². The SMILES string of the molecule is CSc1csc2c(S)c(Br)ccc12. The Kier molecular flexibility index (Phi) is 2.93. The van der Waals surface area contributed by atoms with Crippen molar-refractivity contribution in [3.05, 3.63) is 22.0 Å². The van der Waals surface area contributed by atoms with E-state index in [1.807, 2.05) is 0 Å². The number of thiol groups is 1. The number of rotatable bonds is 1. The summed E-state index contributed by atoms with van der Waals surface area (Å²) in [5.74, 6) is 0. The van der Waals surface area contributed by atoms with E-state index in [2.05, 4.69) is 52.3 Å². The number of benzene rings is 1. The summed E-state index contributed by atoms with van der Waals surface area (Å²) in [7, 11) is 0. The highest BCUT2D eigenvalue weighted by atomic mass is 79.9. The number of hydrogen-bond donors (Lipinski definition) is 1. The number of halogens is 1. The number of fused-ring (bicyclic) bond motifs is 1. The molecule has 0 fully saturated rings. The first-order valence-corrected chi connectivity index (χ1v) is 7.01. The van der Waals surface area contributed by atoms with E-state index in [1.165, 1.54) is 15.0 Å².